The molecule has 17 heavy (non-hydrogen) atoms. The Hall–Kier alpha value is -0.560. The van der Waals surface area contributed by atoms with Gasteiger partial charge in [-0.3, -0.25) is 0 Å². The summed E-state index contributed by atoms with van der Waals surface area (Å²) in [7, 11) is 0. The molecule has 1 heteroatoms. The van der Waals surface area contributed by atoms with Crippen LogP contribution >= 0.6 is 11.3 Å². The fourth-order valence-corrected chi connectivity index (χ4v) is 6.24. The molecule has 1 aromatic rings. The van der Waals surface area contributed by atoms with Crippen LogP contribution in [0, 0.1) is 17.8 Å². The van der Waals surface area contributed by atoms with Gasteiger partial charge >= 0.3 is 0 Å². The zero-order chi connectivity index (χ0) is 11.5. The molecule has 5 rings (SSSR count). The predicted octanol–water partition coefficient (Wildman–Crippen LogP) is 4.86. The summed E-state index contributed by atoms with van der Waals surface area (Å²) >= 11 is 2.00. The van der Waals surface area contributed by atoms with Crippen molar-refractivity contribution in [1.82, 2.24) is 0 Å². The fraction of sp³-hybridized carbons (Fsp3) is 0.625. The van der Waals surface area contributed by atoms with Crippen LogP contribution in [0.4, 0.5) is 0 Å². The zero-order valence-electron chi connectivity index (χ0n) is 10.3. The molecule has 0 saturated heterocycles. The molecule has 4 bridgehead atoms. The normalized spacial score (nSPS) is 42.9. The Morgan fingerprint density at radius 3 is 2.12 bits per heavy atom. The molecule has 0 radical (unpaired) electrons. The molecule has 0 aromatic carbocycles. The predicted molar refractivity (Wildman–Crippen MR) is 74.3 cm³/mol. The Labute approximate surface area is 108 Å². The summed E-state index contributed by atoms with van der Waals surface area (Å²) in [6.07, 6.45) is 11.1. The van der Waals surface area contributed by atoms with Crippen molar-refractivity contribution in [3.8, 4) is 0 Å². The third kappa shape index (κ3) is 1.48. The molecule has 1 heterocycles. The molecule has 0 N–H and O–H groups in total. The molecule has 0 unspecified atom stereocenters. The first-order valence-electron chi connectivity index (χ1n) is 7.00. The average Bonchev–Trinajstić information content (AvgIpc) is 2.76. The molecule has 1 aromatic heterocycles. The van der Waals surface area contributed by atoms with Gasteiger partial charge in [0.25, 0.3) is 0 Å². The van der Waals surface area contributed by atoms with Gasteiger partial charge in [-0.2, -0.15) is 0 Å². The van der Waals surface area contributed by atoms with Crippen LogP contribution in [-0.2, 0) is 5.41 Å². The van der Waals surface area contributed by atoms with Crippen LogP contribution in [0.1, 0.15) is 48.3 Å². The summed E-state index contributed by atoms with van der Waals surface area (Å²) in [5.74, 6) is 3.15. The van der Waals surface area contributed by atoms with E-state index in [1.54, 1.807) is 4.88 Å². The molecule has 4 aliphatic rings. The second-order valence-corrected chi connectivity index (χ2v) is 7.72. The molecule has 4 fully saturated rings. The Morgan fingerprint density at radius 2 is 1.65 bits per heavy atom. The van der Waals surface area contributed by atoms with Gasteiger partial charge < -0.3 is 0 Å². The van der Waals surface area contributed by atoms with Crippen LogP contribution in [0.25, 0.3) is 6.08 Å². The first-order valence-corrected chi connectivity index (χ1v) is 7.82. The Balaban J connectivity index is 1.74. The first kappa shape index (κ1) is 10.4. The van der Waals surface area contributed by atoms with E-state index >= 15 is 0 Å². The molecular weight excluding hydrogens is 224 g/mol. The molecule has 4 aliphatic carbocycles. The van der Waals surface area contributed by atoms with Crippen molar-refractivity contribution in [2.24, 2.45) is 17.8 Å². The lowest BCUT2D eigenvalue weighted by Gasteiger charge is -2.56. The lowest BCUT2D eigenvalue weighted by molar-refractivity contribution is -0.00346. The van der Waals surface area contributed by atoms with Gasteiger partial charge in [-0.25, -0.2) is 0 Å². The molecule has 0 nitrogen and oxygen atoms in total. The zero-order valence-corrected chi connectivity index (χ0v) is 11.1. The van der Waals surface area contributed by atoms with Gasteiger partial charge in [0, 0.05) is 15.2 Å². The van der Waals surface area contributed by atoms with Crippen molar-refractivity contribution in [2.45, 2.75) is 43.9 Å². The highest BCUT2D eigenvalue weighted by Crippen LogP contribution is 2.61. The Kier molecular flexibility index (Phi) is 2.12. The van der Waals surface area contributed by atoms with E-state index < -0.39 is 0 Å². The highest BCUT2D eigenvalue weighted by Gasteiger charge is 2.52. The van der Waals surface area contributed by atoms with Crippen LogP contribution in [0.2, 0.25) is 0 Å². The van der Waals surface area contributed by atoms with E-state index in [1.807, 2.05) is 17.4 Å². The Bertz CT molecular complexity index is 419. The minimum absolute atomic E-state index is 0.584. The molecular formula is C16H20S. The third-order valence-electron chi connectivity index (χ3n) is 5.39. The fourth-order valence-electron chi connectivity index (χ4n) is 5.16. The lowest BCUT2D eigenvalue weighted by atomic mass is 9.49. The maximum absolute atomic E-state index is 3.90. The van der Waals surface area contributed by atoms with E-state index in [2.05, 4.69) is 18.7 Å². The minimum Gasteiger partial charge on any atom is -0.140 e. The molecule has 0 spiro atoms. The number of thiophene rings is 1. The van der Waals surface area contributed by atoms with Crippen LogP contribution < -0.4 is 0 Å². The third-order valence-corrected chi connectivity index (χ3v) is 6.72. The smallest absolute Gasteiger partial charge is 0.0267 e. The van der Waals surface area contributed by atoms with Gasteiger partial charge in [-0.1, -0.05) is 12.7 Å². The summed E-state index contributed by atoms with van der Waals surface area (Å²) in [5.41, 5.74) is 0.584. The molecule has 0 atom stereocenters. The lowest BCUT2D eigenvalue weighted by Crippen LogP contribution is -2.48. The quantitative estimate of drug-likeness (QED) is 0.697. The van der Waals surface area contributed by atoms with E-state index in [0.29, 0.717) is 5.41 Å². The van der Waals surface area contributed by atoms with Crippen molar-refractivity contribution >= 4 is 17.4 Å². The second kappa shape index (κ2) is 3.47. The van der Waals surface area contributed by atoms with Crippen molar-refractivity contribution in [2.75, 3.05) is 0 Å². The van der Waals surface area contributed by atoms with Gasteiger partial charge in [0.2, 0.25) is 0 Å². The maximum atomic E-state index is 3.90. The van der Waals surface area contributed by atoms with Crippen LogP contribution in [-0.4, -0.2) is 0 Å². The topological polar surface area (TPSA) is 0 Å². The van der Waals surface area contributed by atoms with E-state index in [4.69, 9.17) is 0 Å². The van der Waals surface area contributed by atoms with Crippen molar-refractivity contribution in [3.63, 3.8) is 0 Å². The van der Waals surface area contributed by atoms with Crippen molar-refractivity contribution < 1.29 is 0 Å². The van der Waals surface area contributed by atoms with E-state index in [9.17, 15) is 0 Å². The average molecular weight is 244 g/mol. The van der Waals surface area contributed by atoms with Crippen LogP contribution in [0.15, 0.2) is 18.7 Å². The summed E-state index contributed by atoms with van der Waals surface area (Å²) in [6.45, 7) is 3.90. The van der Waals surface area contributed by atoms with E-state index in [0.717, 1.165) is 17.8 Å². The minimum atomic E-state index is 0.584. The van der Waals surface area contributed by atoms with Gasteiger partial charge in [0.05, 0.1) is 0 Å². The Morgan fingerprint density at radius 1 is 1.06 bits per heavy atom. The number of hydrogen-bond donors (Lipinski definition) is 0. The summed E-state index contributed by atoms with van der Waals surface area (Å²) < 4.78 is 0. The van der Waals surface area contributed by atoms with Gasteiger partial charge in [0.1, 0.15) is 0 Å². The highest BCUT2D eigenvalue weighted by atomic mass is 32.1. The van der Waals surface area contributed by atoms with Crippen molar-refractivity contribution in [3.05, 3.63) is 28.5 Å². The number of rotatable bonds is 2. The monoisotopic (exact) mass is 244 g/mol. The SMILES string of the molecule is C=Cc1ccc(C23CC4CC(CC(C4)C2)C3)s1. The summed E-state index contributed by atoms with van der Waals surface area (Å²) in [6, 6.07) is 4.67. The molecule has 0 amide bonds. The van der Waals surface area contributed by atoms with Gasteiger partial charge in [0.15, 0.2) is 0 Å². The second-order valence-electron chi connectivity index (χ2n) is 6.60. The maximum Gasteiger partial charge on any atom is 0.0267 e. The molecule has 4 saturated carbocycles. The van der Waals surface area contributed by atoms with Crippen molar-refractivity contribution in [1.29, 1.82) is 0 Å². The molecule has 0 aliphatic heterocycles. The van der Waals surface area contributed by atoms with E-state index in [1.165, 1.54) is 43.4 Å². The van der Waals surface area contributed by atoms with Crippen LogP contribution in [0.3, 0.4) is 0 Å². The standard InChI is InChI=1S/C16H20S/c1-2-14-3-4-15(17-14)16-8-11-5-12(9-16)7-13(6-11)10-16/h2-4,11-13H,1,5-10H2. The summed E-state index contributed by atoms with van der Waals surface area (Å²) in [5, 5.41) is 0. The largest absolute Gasteiger partial charge is 0.140 e. The van der Waals surface area contributed by atoms with Gasteiger partial charge in [-0.05, 0) is 68.4 Å². The van der Waals surface area contributed by atoms with Crippen LogP contribution in [0.5, 0.6) is 0 Å². The van der Waals surface area contributed by atoms with E-state index in [-0.39, 0.29) is 0 Å². The number of hydrogen-bond acceptors (Lipinski definition) is 1. The molecule has 90 valence electrons. The highest BCUT2D eigenvalue weighted by molar-refractivity contribution is 7.13. The first-order chi connectivity index (χ1) is 8.27. The summed E-state index contributed by atoms with van der Waals surface area (Å²) in [4.78, 5) is 3.03. The van der Waals surface area contributed by atoms with Gasteiger partial charge in [-0.15, -0.1) is 11.3 Å².